The van der Waals surface area contributed by atoms with Gasteiger partial charge >= 0.3 is 0 Å². The van der Waals surface area contributed by atoms with Gasteiger partial charge in [-0.25, -0.2) is 0 Å². The van der Waals surface area contributed by atoms with E-state index in [0.717, 1.165) is 36.8 Å². The molecule has 154 valence electrons. The van der Waals surface area contributed by atoms with Gasteiger partial charge in [-0.2, -0.15) is 0 Å². The van der Waals surface area contributed by atoms with Gasteiger partial charge < -0.3 is 0 Å². The molecule has 3 rings (SSSR count). The highest BCUT2D eigenvalue weighted by molar-refractivity contribution is 5.99. The largest absolute Gasteiger partial charge is 0.294 e. The van der Waals surface area contributed by atoms with Crippen molar-refractivity contribution in [2.24, 2.45) is 0 Å². The molecule has 0 amide bonds. The van der Waals surface area contributed by atoms with E-state index in [1.54, 1.807) is 0 Å². The Bertz CT molecular complexity index is 863. The molecule has 0 N–H and O–H groups in total. The fourth-order valence-corrected chi connectivity index (χ4v) is 4.32. The van der Waals surface area contributed by atoms with Crippen LogP contribution in [0.3, 0.4) is 0 Å². The molecule has 1 aliphatic carbocycles. The Morgan fingerprint density at radius 1 is 0.655 bits per heavy atom. The third-order valence-corrected chi connectivity index (χ3v) is 6.01. The van der Waals surface area contributed by atoms with E-state index in [-0.39, 0.29) is 11.6 Å². The van der Waals surface area contributed by atoms with E-state index in [1.165, 1.54) is 54.4 Å². The first-order valence-electron chi connectivity index (χ1n) is 11.5. The minimum atomic E-state index is 0.219. The molecule has 0 aromatic heterocycles. The number of carbonyl (C=O) groups excluding carboxylic acids is 2. The molecule has 0 spiro atoms. The second kappa shape index (κ2) is 10.5. The summed E-state index contributed by atoms with van der Waals surface area (Å²) in [4.78, 5) is 24.8. The number of ketones is 2. The summed E-state index contributed by atoms with van der Waals surface area (Å²) in [6, 6.07) is 12.2. The summed E-state index contributed by atoms with van der Waals surface area (Å²) in [5.74, 6) is 0.480. The molecule has 0 fully saturated rings. The smallest absolute Gasteiger partial charge is 0.162 e. The number of carbonyl (C=O) groups is 2. The highest BCUT2D eigenvalue weighted by atomic mass is 16.1. The quantitative estimate of drug-likeness (QED) is 0.236. The maximum atomic E-state index is 12.6. The number of Topliss-reactive ketones (excluding diaryl/α,β-unsaturated/α-hetero) is 2. The molecular weight excluding hydrogens is 356 g/mol. The second-order valence-corrected chi connectivity index (χ2v) is 8.39. The topological polar surface area (TPSA) is 34.1 Å². The lowest BCUT2D eigenvalue weighted by atomic mass is 9.98. The third-order valence-electron chi connectivity index (χ3n) is 6.01. The number of fused-ring (bicyclic) bond motifs is 3. The number of unbranched alkanes of at least 4 members (excludes halogenated alkanes) is 6. The van der Waals surface area contributed by atoms with Gasteiger partial charge in [0.1, 0.15) is 0 Å². The zero-order valence-corrected chi connectivity index (χ0v) is 18.1. The minimum Gasteiger partial charge on any atom is -0.294 e. The molecule has 0 saturated heterocycles. The van der Waals surface area contributed by atoms with Crippen molar-refractivity contribution in [3.63, 3.8) is 0 Å². The van der Waals surface area contributed by atoms with Crippen LogP contribution in [-0.4, -0.2) is 11.6 Å². The molecule has 0 radical (unpaired) electrons. The van der Waals surface area contributed by atoms with Crippen LogP contribution in [0.5, 0.6) is 0 Å². The summed E-state index contributed by atoms with van der Waals surface area (Å²) >= 11 is 0. The highest BCUT2D eigenvalue weighted by Crippen LogP contribution is 2.37. The Morgan fingerprint density at radius 3 is 1.72 bits per heavy atom. The normalized spacial score (nSPS) is 11.9. The van der Waals surface area contributed by atoms with E-state index < -0.39 is 0 Å². The van der Waals surface area contributed by atoms with Gasteiger partial charge in [-0.05, 0) is 53.6 Å². The number of rotatable bonds is 12. The van der Waals surface area contributed by atoms with Crippen molar-refractivity contribution < 1.29 is 9.59 Å². The lowest BCUT2D eigenvalue weighted by Gasteiger charge is -2.06. The summed E-state index contributed by atoms with van der Waals surface area (Å²) in [6.07, 6.45) is 11.5. The van der Waals surface area contributed by atoms with Gasteiger partial charge in [-0.3, -0.25) is 9.59 Å². The Kier molecular flexibility index (Phi) is 7.80. The van der Waals surface area contributed by atoms with Crippen LogP contribution in [0.1, 0.15) is 110 Å². The fourth-order valence-electron chi connectivity index (χ4n) is 4.32. The van der Waals surface area contributed by atoms with Crippen LogP contribution < -0.4 is 0 Å². The molecule has 2 aromatic carbocycles. The Hall–Kier alpha value is -2.22. The van der Waals surface area contributed by atoms with Crippen molar-refractivity contribution in [1.29, 1.82) is 0 Å². The molecule has 1 aliphatic rings. The first kappa shape index (κ1) is 21.5. The summed E-state index contributed by atoms with van der Waals surface area (Å²) in [5.41, 5.74) is 6.49. The van der Waals surface area contributed by atoms with Crippen LogP contribution in [-0.2, 0) is 6.42 Å². The zero-order chi connectivity index (χ0) is 20.6. The lowest BCUT2D eigenvalue weighted by Crippen LogP contribution is -2.00. The molecule has 0 unspecified atom stereocenters. The number of hydrogen-bond donors (Lipinski definition) is 0. The van der Waals surface area contributed by atoms with Gasteiger partial charge in [-0.15, -0.1) is 0 Å². The summed E-state index contributed by atoms with van der Waals surface area (Å²) in [7, 11) is 0. The molecule has 2 aromatic rings. The van der Waals surface area contributed by atoms with Crippen LogP contribution in [0.15, 0.2) is 36.4 Å². The number of benzene rings is 2. The van der Waals surface area contributed by atoms with Gasteiger partial charge in [-0.1, -0.05) is 76.6 Å². The SMILES string of the molecule is CCCCCCCCCC(=O)c1ccc2c(c1)Cc1cc(C(=O)CCC)ccc1-2. The average molecular weight is 391 g/mol. The minimum absolute atomic E-state index is 0.219. The van der Waals surface area contributed by atoms with E-state index >= 15 is 0 Å². The van der Waals surface area contributed by atoms with E-state index in [0.29, 0.717) is 12.8 Å². The molecular formula is C27H34O2. The van der Waals surface area contributed by atoms with Crippen LogP contribution in [0.25, 0.3) is 11.1 Å². The average Bonchev–Trinajstić information content (AvgIpc) is 3.10. The summed E-state index contributed by atoms with van der Waals surface area (Å²) in [5, 5.41) is 0. The van der Waals surface area contributed by atoms with Gasteiger partial charge in [0.2, 0.25) is 0 Å². The first-order valence-corrected chi connectivity index (χ1v) is 11.5. The molecule has 0 saturated carbocycles. The summed E-state index contributed by atoms with van der Waals surface area (Å²) in [6.45, 7) is 4.27. The predicted octanol–water partition coefficient (Wildman–Crippen LogP) is 7.56. The van der Waals surface area contributed by atoms with Crippen molar-refractivity contribution >= 4 is 11.6 Å². The van der Waals surface area contributed by atoms with Gasteiger partial charge in [0, 0.05) is 24.0 Å². The zero-order valence-electron chi connectivity index (χ0n) is 18.1. The monoisotopic (exact) mass is 390 g/mol. The fraction of sp³-hybridized carbons (Fsp3) is 0.481. The van der Waals surface area contributed by atoms with Crippen LogP contribution in [0, 0.1) is 0 Å². The summed E-state index contributed by atoms with van der Waals surface area (Å²) < 4.78 is 0. The van der Waals surface area contributed by atoms with Crippen molar-refractivity contribution in [3.8, 4) is 11.1 Å². The van der Waals surface area contributed by atoms with Crippen molar-refractivity contribution in [1.82, 2.24) is 0 Å². The van der Waals surface area contributed by atoms with E-state index in [1.807, 2.05) is 25.1 Å². The van der Waals surface area contributed by atoms with E-state index in [9.17, 15) is 9.59 Å². The highest BCUT2D eigenvalue weighted by Gasteiger charge is 2.21. The molecule has 2 heteroatoms. The Morgan fingerprint density at radius 2 is 1.17 bits per heavy atom. The molecule has 29 heavy (non-hydrogen) atoms. The van der Waals surface area contributed by atoms with Gasteiger partial charge in [0.05, 0.1) is 0 Å². The Balaban J connectivity index is 1.58. The first-order chi connectivity index (χ1) is 14.1. The molecule has 0 atom stereocenters. The van der Waals surface area contributed by atoms with Crippen LogP contribution >= 0.6 is 0 Å². The Labute approximate surface area is 175 Å². The van der Waals surface area contributed by atoms with E-state index in [2.05, 4.69) is 25.1 Å². The van der Waals surface area contributed by atoms with Crippen LogP contribution in [0.4, 0.5) is 0 Å². The standard InChI is InChI=1S/C27H34O2/c1-3-5-6-7-8-9-10-12-27(29)21-14-16-25-23(18-21)19-22-17-20(13-15-24(22)25)26(28)11-4-2/h13-18H,3-12,19H2,1-2H3. The van der Waals surface area contributed by atoms with Crippen molar-refractivity contribution in [3.05, 3.63) is 58.7 Å². The van der Waals surface area contributed by atoms with E-state index in [4.69, 9.17) is 0 Å². The predicted molar refractivity (Wildman–Crippen MR) is 121 cm³/mol. The maximum absolute atomic E-state index is 12.6. The number of hydrogen-bond acceptors (Lipinski definition) is 2. The van der Waals surface area contributed by atoms with Crippen molar-refractivity contribution in [2.45, 2.75) is 84.5 Å². The molecule has 0 heterocycles. The van der Waals surface area contributed by atoms with Crippen LogP contribution in [0.2, 0.25) is 0 Å². The van der Waals surface area contributed by atoms with Crippen molar-refractivity contribution in [2.75, 3.05) is 0 Å². The van der Waals surface area contributed by atoms with Gasteiger partial charge in [0.15, 0.2) is 11.6 Å². The van der Waals surface area contributed by atoms with Gasteiger partial charge in [0.25, 0.3) is 0 Å². The maximum Gasteiger partial charge on any atom is 0.162 e. The third kappa shape index (κ3) is 5.44. The molecule has 0 aliphatic heterocycles. The second-order valence-electron chi connectivity index (χ2n) is 8.39. The molecule has 2 nitrogen and oxygen atoms in total. The lowest BCUT2D eigenvalue weighted by molar-refractivity contribution is 0.0972. The molecule has 0 bridgehead atoms.